The van der Waals surface area contributed by atoms with Crippen molar-refractivity contribution in [2.24, 2.45) is 17.6 Å². The van der Waals surface area contributed by atoms with E-state index in [1.54, 1.807) is 0 Å². The van der Waals surface area contributed by atoms with Gasteiger partial charge in [0.1, 0.15) is 0 Å². The van der Waals surface area contributed by atoms with Crippen molar-refractivity contribution in [1.82, 2.24) is 4.90 Å². The number of hydrogen-bond acceptors (Lipinski definition) is 2. The van der Waals surface area contributed by atoms with E-state index in [-0.39, 0.29) is 0 Å². The Labute approximate surface area is 108 Å². The zero-order valence-electron chi connectivity index (χ0n) is 12.1. The first-order valence-corrected chi connectivity index (χ1v) is 7.67. The van der Waals surface area contributed by atoms with E-state index in [0.29, 0.717) is 0 Å². The van der Waals surface area contributed by atoms with Crippen LogP contribution < -0.4 is 5.73 Å². The predicted octanol–water partition coefficient (Wildman–Crippen LogP) is 3.26. The number of unbranched alkanes of at least 4 members (excludes halogenated alkanes) is 1. The average molecular weight is 240 g/mol. The fraction of sp³-hybridized carbons (Fsp3) is 1.00. The van der Waals surface area contributed by atoms with Crippen molar-refractivity contribution in [2.75, 3.05) is 19.6 Å². The molecule has 17 heavy (non-hydrogen) atoms. The maximum atomic E-state index is 5.89. The molecule has 0 aromatic carbocycles. The number of nitrogens with two attached hydrogens (primary N) is 1. The van der Waals surface area contributed by atoms with Gasteiger partial charge in [0, 0.05) is 12.6 Å². The molecule has 0 amide bonds. The fourth-order valence-electron chi connectivity index (χ4n) is 3.08. The van der Waals surface area contributed by atoms with Crippen molar-refractivity contribution in [3.05, 3.63) is 0 Å². The van der Waals surface area contributed by atoms with Crippen molar-refractivity contribution >= 4 is 0 Å². The normalized spacial score (nSPS) is 26.6. The van der Waals surface area contributed by atoms with Crippen LogP contribution in [-0.4, -0.2) is 30.6 Å². The molecule has 1 fully saturated rings. The van der Waals surface area contributed by atoms with E-state index in [9.17, 15) is 0 Å². The van der Waals surface area contributed by atoms with Gasteiger partial charge in [0.2, 0.25) is 0 Å². The van der Waals surface area contributed by atoms with E-state index in [2.05, 4.69) is 25.7 Å². The third-order valence-electron chi connectivity index (χ3n) is 4.60. The first-order valence-electron chi connectivity index (χ1n) is 7.67. The van der Waals surface area contributed by atoms with E-state index in [0.717, 1.165) is 24.4 Å². The molecule has 0 radical (unpaired) electrons. The highest BCUT2D eigenvalue weighted by atomic mass is 15.1. The molecule has 1 aliphatic rings. The standard InChI is InChI=1S/C15H32N2/c1-4-6-10-17(13(3)5-2)12-15-9-7-8-14(15)11-16/h13-15H,4-12,16H2,1-3H3. The van der Waals surface area contributed by atoms with Gasteiger partial charge in [-0.2, -0.15) is 0 Å². The molecule has 0 spiro atoms. The van der Waals surface area contributed by atoms with Crippen LogP contribution in [0.2, 0.25) is 0 Å². The lowest BCUT2D eigenvalue weighted by Crippen LogP contribution is -2.39. The predicted molar refractivity (Wildman–Crippen MR) is 76.1 cm³/mol. The molecule has 1 rings (SSSR count). The summed E-state index contributed by atoms with van der Waals surface area (Å²) in [5, 5.41) is 0. The molecule has 0 bridgehead atoms. The largest absolute Gasteiger partial charge is 0.330 e. The van der Waals surface area contributed by atoms with Crippen molar-refractivity contribution < 1.29 is 0 Å². The SMILES string of the molecule is CCCCN(CC1CCCC1CN)C(C)CC. The quantitative estimate of drug-likeness (QED) is 0.705. The number of hydrogen-bond donors (Lipinski definition) is 1. The average Bonchev–Trinajstić information content (AvgIpc) is 2.80. The molecule has 0 saturated heterocycles. The van der Waals surface area contributed by atoms with E-state index < -0.39 is 0 Å². The van der Waals surface area contributed by atoms with Crippen LogP contribution >= 0.6 is 0 Å². The Bertz CT molecular complexity index is 193. The summed E-state index contributed by atoms with van der Waals surface area (Å²) in [5.41, 5.74) is 5.89. The van der Waals surface area contributed by atoms with Crippen molar-refractivity contribution in [2.45, 2.75) is 65.3 Å². The van der Waals surface area contributed by atoms with E-state index >= 15 is 0 Å². The summed E-state index contributed by atoms with van der Waals surface area (Å²) in [4.78, 5) is 2.71. The monoisotopic (exact) mass is 240 g/mol. The molecule has 1 aliphatic carbocycles. The second-order valence-electron chi connectivity index (χ2n) is 5.79. The van der Waals surface area contributed by atoms with E-state index in [4.69, 9.17) is 5.73 Å². The van der Waals surface area contributed by atoms with Gasteiger partial charge in [0.25, 0.3) is 0 Å². The Morgan fingerprint density at radius 3 is 2.53 bits per heavy atom. The van der Waals surface area contributed by atoms with Gasteiger partial charge < -0.3 is 10.6 Å². The van der Waals surface area contributed by atoms with Crippen molar-refractivity contribution in [1.29, 1.82) is 0 Å². The molecule has 2 nitrogen and oxygen atoms in total. The summed E-state index contributed by atoms with van der Waals surface area (Å²) >= 11 is 0. The van der Waals surface area contributed by atoms with Crippen molar-refractivity contribution in [3.63, 3.8) is 0 Å². The third-order valence-corrected chi connectivity index (χ3v) is 4.60. The highest BCUT2D eigenvalue weighted by molar-refractivity contribution is 4.82. The summed E-state index contributed by atoms with van der Waals surface area (Å²) in [6.07, 6.45) is 8.07. The van der Waals surface area contributed by atoms with E-state index in [1.807, 2.05) is 0 Å². The minimum Gasteiger partial charge on any atom is -0.330 e. The molecule has 0 aromatic rings. The minimum atomic E-state index is 0.737. The highest BCUT2D eigenvalue weighted by Crippen LogP contribution is 2.32. The lowest BCUT2D eigenvalue weighted by Gasteiger charge is -2.32. The fourth-order valence-corrected chi connectivity index (χ4v) is 3.08. The van der Waals surface area contributed by atoms with Gasteiger partial charge in [-0.25, -0.2) is 0 Å². The molecule has 102 valence electrons. The molecule has 3 unspecified atom stereocenters. The maximum absolute atomic E-state index is 5.89. The molecule has 3 atom stereocenters. The smallest absolute Gasteiger partial charge is 0.00644 e. The Morgan fingerprint density at radius 1 is 1.24 bits per heavy atom. The Kier molecular flexibility index (Phi) is 7.14. The summed E-state index contributed by atoms with van der Waals surface area (Å²) in [6.45, 7) is 10.4. The summed E-state index contributed by atoms with van der Waals surface area (Å²) in [5.74, 6) is 1.66. The van der Waals surface area contributed by atoms with E-state index in [1.165, 1.54) is 51.6 Å². The minimum absolute atomic E-state index is 0.737. The Morgan fingerprint density at radius 2 is 1.94 bits per heavy atom. The van der Waals surface area contributed by atoms with Gasteiger partial charge in [-0.1, -0.05) is 26.7 Å². The van der Waals surface area contributed by atoms with Crippen molar-refractivity contribution in [3.8, 4) is 0 Å². The topological polar surface area (TPSA) is 29.3 Å². The van der Waals surface area contributed by atoms with Crippen LogP contribution in [0.1, 0.15) is 59.3 Å². The van der Waals surface area contributed by atoms with Gasteiger partial charge in [0.05, 0.1) is 0 Å². The lowest BCUT2D eigenvalue weighted by atomic mass is 9.95. The zero-order chi connectivity index (χ0) is 12.7. The van der Waals surface area contributed by atoms with Crippen LogP contribution in [-0.2, 0) is 0 Å². The highest BCUT2D eigenvalue weighted by Gasteiger charge is 2.28. The third kappa shape index (κ3) is 4.59. The van der Waals surface area contributed by atoms with Gasteiger partial charge >= 0.3 is 0 Å². The van der Waals surface area contributed by atoms with Crippen LogP contribution in [0.4, 0.5) is 0 Å². The summed E-state index contributed by atoms with van der Waals surface area (Å²) in [7, 11) is 0. The van der Waals surface area contributed by atoms with Gasteiger partial charge in [0.15, 0.2) is 0 Å². The maximum Gasteiger partial charge on any atom is 0.00644 e. The first-order chi connectivity index (χ1) is 8.22. The molecule has 2 heteroatoms. The number of nitrogens with zero attached hydrogens (tertiary/aromatic N) is 1. The number of rotatable bonds is 8. The van der Waals surface area contributed by atoms with Gasteiger partial charge in [-0.05, 0) is 57.5 Å². The Hall–Kier alpha value is -0.0800. The van der Waals surface area contributed by atoms with Crippen LogP contribution in [0.15, 0.2) is 0 Å². The molecule has 1 saturated carbocycles. The van der Waals surface area contributed by atoms with Crippen LogP contribution in [0.3, 0.4) is 0 Å². The summed E-state index contributed by atoms with van der Waals surface area (Å²) < 4.78 is 0. The second-order valence-corrected chi connectivity index (χ2v) is 5.79. The van der Waals surface area contributed by atoms with Crippen LogP contribution in [0.25, 0.3) is 0 Å². The zero-order valence-corrected chi connectivity index (χ0v) is 12.1. The van der Waals surface area contributed by atoms with Gasteiger partial charge in [-0.3, -0.25) is 0 Å². The molecular weight excluding hydrogens is 208 g/mol. The van der Waals surface area contributed by atoms with Gasteiger partial charge in [-0.15, -0.1) is 0 Å². The molecule has 0 heterocycles. The molecule has 0 aliphatic heterocycles. The summed E-state index contributed by atoms with van der Waals surface area (Å²) in [6, 6.07) is 0.737. The van der Waals surface area contributed by atoms with Crippen LogP contribution in [0, 0.1) is 11.8 Å². The lowest BCUT2D eigenvalue weighted by molar-refractivity contribution is 0.155. The molecule has 0 aromatic heterocycles. The molecular formula is C15H32N2. The second kappa shape index (κ2) is 8.10. The first kappa shape index (κ1) is 15.0. The molecule has 2 N–H and O–H groups in total. The van der Waals surface area contributed by atoms with Crippen LogP contribution in [0.5, 0.6) is 0 Å². The Balaban J connectivity index is 2.46.